The lowest BCUT2D eigenvalue weighted by molar-refractivity contribution is -0.154. The van der Waals surface area contributed by atoms with E-state index in [4.69, 9.17) is 4.74 Å². The van der Waals surface area contributed by atoms with Crippen LogP contribution in [-0.4, -0.2) is 12.6 Å². The number of rotatable bonds is 3. The van der Waals surface area contributed by atoms with Crippen LogP contribution in [0.15, 0.2) is 24.8 Å². The highest BCUT2D eigenvalue weighted by Gasteiger charge is 2.48. The molecule has 1 spiro atoms. The molecule has 17 heavy (non-hydrogen) atoms. The van der Waals surface area contributed by atoms with E-state index in [1.165, 1.54) is 25.7 Å². The van der Waals surface area contributed by atoms with E-state index in [-0.39, 0.29) is 17.3 Å². The molecule has 2 nitrogen and oxygen atoms in total. The van der Waals surface area contributed by atoms with Gasteiger partial charge in [-0.25, -0.2) is 0 Å². The second-order valence-corrected chi connectivity index (χ2v) is 5.46. The van der Waals surface area contributed by atoms with Gasteiger partial charge in [0, 0.05) is 0 Å². The van der Waals surface area contributed by atoms with E-state index in [1.807, 2.05) is 0 Å². The van der Waals surface area contributed by atoms with Crippen LogP contribution in [0.25, 0.3) is 0 Å². The maximum absolute atomic E-state index is 12.2. The minimum Gasteiger partial charge on any atom is -0.461 e. The standard InChI is InChI=1S/C15H22O2/c1-3-11-17-14(16)13-12(2)7-6-10-15(13)8-4-5-9-15/h3,6-7,12-13H,1,4-5,8-11H2,2H3/t12-,13-/m1/s1. The van der Waals surface area contributed by atoms with Crippen molar-refractivity contribution < 1.29 is 9.53 Å². The number of allylic oxidation sites excluding steroid dienone is 2. The quantitative estimate of drug-likeness (QED) is 0.552. The van der Waals surface area contributed by atoms with Gasteiger partial charge in [-0.2, -0.15) is 0 Å². The van der Waals surface area contributed by atoms with E-state index >= 15 is 0 Å². The first-order chi connectivity index (χ1) is 8.19. The first-order valence-electron chi connectivity index (χ1n) is 6.64. The SMILES string of the molecule is C=CCOC(=O)[C@H]1[C@H](C)C=CCC12CCCC2. The van der Waals surface area contributed by atoms with Crippen molar-refractivity contribution in [2.75, 3.05) is 6.61 Å². The van der Waals surface area contributed by atoms with Crippen LogP contribution in [0.5, 0.6) is 0 Å². The van der Waals surface area contributed by atoms with Gasteiger partial charge in [0.2, 0.25) is 0 Å². The van der Waals surface area contributed by atoms with Crippen LogP contribution >= 0.6 is 0 Å². The van der Waals surface area contributed by atoms with E-state index in [2.05, 4.69) is 25.7 Å². The van der Waals surface area contributed by atoms with Crippen molar-refractivity contribution in [3.8, 4) is 0 Å². The number of carbonyl (C=O) groups is 1. The Kier molecular flexibility index (Phi) is 3.70. The smallest absolute Gasteiger partial charge is 0.310 e. The zero-order valence-corrected chi connectivity index (χ0v) is 10.7. The topological polar surface area (TPSA) is 26.3 Å². The zero-order chi connectivity index (χ0) is 12.3. The molecule has 0 aromatic carbocycles. The summed E-state index contributed by atoms with van der Waals surface area (Å²) in [5.74, 6) is 0.331. The summed E-state index contributed by atoms with van der Waals surface area (Å²) in [5.41, 5.74) is 0.187. The highest BCUT2D eigenvalue weighted by Crippen LogP contribution is 2.52. The number of carbonyl (C=O) groups excluding carboxylic acids is 1. The fourth-order valence-electron chi connectivity index (χ4n) is 3.60. The molecular formula is C15H22O2. The largest absolute Gasteiger partial charge is 0.461 e. The highest BCUT2D eigenvalue weighted by atomic mass is 16.5. The Hall–Kier alpha value is -1.05. The number of esters is 1. The van der Waals surface area contributed by atoms with E-state index in [0.29, 0.717) is 12.5 Å². The fourth-order valence-corrected chi connectivity index (χ4v) is 3.60. The second kappa shape index (κ2) is 5.07. The van der Waals surface area contributed by atoms with Gasteiger partial charge in [0.05, 0.1) is 5.92 Å². The molecular weight excluding hydrogens is 212 g/mol. The molecule has 0 N–H and O–H groups in total. The number of ether oxygens (including phenoxy) is 1. The van der Waals surface area contributed by atoms with Gasteiger partial charge in [-0.3, -0.25) is 4.79 Å². The molecule has 0 heterocycles. The van der Waals surface area contributed by atoms with E-state index < -0.39 is 0 Å². The lowest BCUT2D eigenvalue weighted by Gasteiger charge is -2.40. The molecule has 0 aromatic rings. The minimum atomic E-state index is -0.0244. The van der Waals surface area contributed by atoms with Crippen LogP contribution in [0.4, 0.5) is 0 Å². The Balaban J connectivity index is 2.17. The molecule has 94 valence electrons. The maximum Gasteiger partial charge on any atom is 0.310 e. The van der Waals surface area contributed by atoms with E-state index in [0.717, 1.165) is 6.42 Å². The number of hydrogen-bond donors (Lipinski definition) is 0. The van der Waals surface area contributed by atoms with Crippen molar-refractivity contribution in [1.29, 1.82) is 0 Å². The van der Waals surface area contributed by atoms with Crippen LogP contribution < -0.4 is 0 Å². The van der Waals surface area contributed by atoms with Gasteiger partial charge in [0.1, 0.15) is 6.61 Å². The number of hydrogen-bond acceptors (Lipinski definition) is 2. The predicted octanol–water partition coefficient (Wildman–Crippen LogP) is 3.49. The molecule has 1 fully saturated rings. The summed E-state index contributed by atoms with van der Waals surface area (Å²) in [7, 11) is 0. The van der Waals surface area contributed by atoms with E-state index in [1.54, 1.807) is 6.08 Å². The molecule has 0 saturated heterocycles. The van der Waals surface area contributed by atoms with Gasteiger partial charge < -0.3 is 4.74 Å². The molecule has 2 aliphatic rings. The molecule has 2 heteroatoms. The van der Waals surface area contributed by atoms with Gasteiger partial charge >= 0.3 is 5.97 Å². The summed E-state index contributed by atoms with van der Waals surface area (Å²) in [4.78, 5) is 12.2. The average Bonchev–Trinajstić information content (AvgIpc) is 2.75. The molecule has 2 atom stereocenters. The lowest BCUT2D eigenvalue weighted by atomic mass is 9.64. The van der Waals surface area contributed by atoms with Crippen LogP contribution in [-0.2, 0) is 9.53 Å². The third-order valence-corrected chi connectivity index (χ3v) is 4.35. The van der Waals surface area contributed by atoms with Gasteiger partial charge in [-0.15, -0.1) is 0 Å². The van der Waals surface area contributed by atoms with Crippen LogP contribution in [0.1, 0.15) is 39.0 Å². The van der Waals surface area contributed by atoms with Crippen molar-refractivity contribution in [1.82, 2.24) is 0 Å². The van der Waals surface area contributed by atoms with Crippen LogP contribution in [0.2, 0.25) is 0 Å². The van der Waals surface area contributed by atoms with Crippen molar-refractivity contribution >= 4 is 5.97 Å². The lowest BCUT2D eigenvalue weighted by Crippen LogP contribution is -2.40. The van der Waals surface area contributed by atoms with Gasteiger partial charge in [-0.1, -0.05) is 44.6 Å². The Morgan fingerprint density at radius 1 is 1.53 bits per heavy atom. The molecule has 0 aromatic heterocycles. The molecule has 1 saturated carbocycles. The second-order valence-electron chi connectivity index (χ2n) is 5.46. The molecule has 0 amide bonds. The first kappa shape index (κ1) is 12.4. The Bertz CT molecular complexity index is 324. The monoisotopic (exact) mass is 234 g/mol. The molecule has 2 rings (SSSR count). The summed E-state index contributed by atoms with van der Waals surface area (Å²) in [6.45, 7) is 6.06. The maximum atomic E-state index is 12.2. The third kappa shape index (κ3) is 2.31. The van der Waals surface area contributed by atoms with Gasteiger partial charge in [0.25, 0.3) is 0 Å². The van der Waals surface area contributed by atoms with Gasteiger partial charge in [-0.05, 0) is 30.6 Å². The predicted molar refractivity (Wildman–Crippen MR) is 68.5 cm³/mol. The van der Waals surface area contributed by atoms with Crippen LogP contribution in [0.3, 0.4) is 0 Å². The Morgan fingerprint density at radius 3 is 2.88 bits per heavy atom. The third-order valence-electron chi connectivity index (χ3n) is 4.35. The Morgan fingerprint density at radius 2 is 2.24 bits per heavy atom. The highest BCUT2D eigenvalue weighted by molar-refractivity contribution is 5.74. The minimum absolute atomic E-state index is 0.0244. The fraction of sp³-hybridized carbons (Fsp3) is 0.667. The van der Waals surface area contributed by atoms with Crippen LogP contribution in [0, 0.1) is 17.3 Å². The molecule has 0 bridgehead atoms. The molecule has 0 radical (unpaired) electrons. The van der Waals surface area contributed by atoms with E-state index in [9.17, 15) is 4.79 Å². The first-order valence-corrected chi connectivity index (χ1v) is 6.64. The summed E-state index contributed by atoms with van der Waals surface area (Å²) in [5, 5.41) is 0. The normalized spacial score (nSPS) is 30.4. The summed E-state index contributed by atoms with van der Waals surface area (Å²) >= 11 is 0. The van der Waals surface area contributed by atoms with Crippen molar-refractivity contribution in [2.24, 2.45) is 17.3 Å². The molecule has 0 unspecified atom stereocenters. The summed E-state index contributed by atoms with van der Waals surface area (Å²) in [6.07, 6.45) is 12.0. The zero-order valence-electron chi connectivity index (χ0n) is 10.7. The van der Waals surface area contributed by atoms with Crippen molar-refractivity contribution in [3.05, 3.63) is 24.8 Å². The average molecular weight is 234 g/mol. The van der Waals surface area contributed by atoms with Crippen molar-refractivity contribution in [2.45, 2.75) is 39.0 Å². The summed E-state index contributed by atoms with van der Waals surface area (Å²) in [6, 6.07) is 0. The molecule has 2 aliphatic carbocycles. The summed E-state index contributed by atoms with van der Waals surface area (Å²) < 4.78 is 5.30. The van der Waals surface area contributed by atoms with Crippen molar-refractivity contribution in [3.63, 3.8) is 0 Å². The Labute approximate surface area is 104 Å². The molecule has 0 aliphatic heterocycles. The van der Waals surface area contributed by atoms with Gasteiger partial charge in [0.15, 0.2) is 0 Å².